The Labute approximate surface area is 152 Å². The molecule has 2 aromatic rings. The minimum Gasteiger partial charge on any atom is -0.356 e. The molecular formula is C21H23N3O2. The molecule has 1 spiro atoms. The predicted molar refractivity (Wildman–Crippen MR) is 99.8 cm³/mol. The Balaban J connectivity index is 1.14. The van der Waals surface area contributed by atoms with Crippen LogP contribution in [0.15, 0.2) is 42.5 Å². The van der Waals surface area contributed by atoms with Crippen LogP contribution in [-0.2, 0) is 4.79 Å². The maximum Gasteiger partial charge on any atom is 0.315 e. The Bertz CT molecular complexity index is 888. The van der Waals surface area contributed by atoms with E-state index in [1.165, 1.54) is 16.3 Å². The third-order valence-corrected chi connectivity index (χ3v) is 6.29. The first-order valence-corrected chi connectivity index (χ1v) is 9.47. The molecule has 2 atom stereocenters. The first-order valence-electron chi connectivity index (χ1n) is 9.47. The topological polar surface area (TPSA) is 70.2 Å². The molecule has 1 saturated heterocycles. The second kappa shape index (κ2) is 5.73. The SMILES string of the molecule is O=C(NC1CC2(CCNC2=O)C1)N[C@@H]1C[C@H]1c1ccc2ccccc2c1. The lowest BCUT2D eigenvalue weighted by molar-refractivity contribution is -0.133. The van der Waals surface area contributed by atoms with Crippen LogP contribution < -0.4 is 16.0 Å². The van der Waals surface area contributed by atoms with Crippen LogP contribution in [0, 0.1) is 5.41 Å². The molecular weight excluding hydrogens is 326 g/mol. The fourth-order valence-electron chi connectivity index (χ4n) is 4.65. The van der Waals surface area contributed by atoms with Crippen LogP contribution in [0.3, 0.4) is 0 Å². The predicted octanol–water partition coefficient (Wildman–Crippen LogP) is 2.66. The van der Waals surface area contributed by atoms with Crippen molar-refractivity contribution in [2.75, 3.05) is 6.54 Å². The number of benzene rings is 2. The first kappa shape index (κ1) is 15.7. The number of amides is 3. The number of carbonyl (C=O) groups excluding carboxylic acids is 2. The second-order valence-corrected chi connectivity index (χ2v) is 8.06. The zero-order valence-electron chi connectivity index (χ0n) is 14.6. The third-order valence-electron chi connectivity index (χ3n) is 6.29. The summed E-state index contributed by atoms with van der Waals surface area (Å²) in [6, 6.07) is 15.1. The Morgan fingerprint density at radius 3 is 2.65 bits per heavy atom. The maximum atomic E-state index is 12.2. The lowest BCUT2D eigenvalue weighted by atomic mass is 9.64. The minimum atomic E-state index is -0.203. The molecule has 1 aliphatic heterocycles. The Morgan fingerprint density at radius 1 is 1.08 bits per heavy atom. The van der Waals surface area contributed by atoms with Crippen molar-refractivity contribution in [1.29, 1.82) is 0 Å². The molecule has 0 bridgehead atoms. The molecule has 5 nitrogen and oxygen atoms in total. The molecule has 1 heterocycles. The average Bonchev–Trinajstić information content (AvgIpc) is 3.27. The molecule has 0 unspecified atom stereocenters. The lowest BCUT2D eigenvalue weighted by Crippen LogP contribution is -2.55. The molecule has 3 N–H and O–H groups in total. The van der Waals surface area contributed by atoms with Crippen LogP contribution in [0.1, 0.15) is 37.2 Å². The van der Waals surface area contributed by atoms with E-state index in [2.05, 4.69) is 52.3 Å². The monoisotopic (exact) mass is 349 g/mol. The first-order chi connectivity index (χ1) is 12.6. The normalized spacial score (nSPS) is 32.2. The largest absolute Gasteiger partial charge is 0.356 e. The van der Waals surface area contributed by atoms with Gasteiger partial charge >= 0.3 is 6.03 Å². The number of fused-ring (bicyclic) bond motifs is 1. The molecule has 3 fully saturated rings. The number of urea groups is 1. The summed E-state index contributed by atoms with van der Waals surface area (Å²) in [4.78, 5) is 24.1. The summed E-state index contributed by atoms with van der Waals surface area (Å²) in [5.41, 5.74) is 1.09. The Hall–Kier alpha value is -2.56. The van der Waals surface area contributed by atoms with Crippen LogP contribution in [0.25, 0.3) is 10.8 Å². The summed E-state index contributed by atoms with van der Waals surface area (Å²) in [6.07, 6.45) is 3.43. The quantitative estimate of drug-likeness (QED) is 0.797. The van der Waals surface area contributed by atoms with E-state index in [4.69, 9.17) is 0 Å². The van der Waals surface area contributed by atoms with Crippen LogP contribution in [0.5, 0.6) is 0 Å². The summed E-state index contributed by atoms with van der Waals surface area (Å²) in [5, 5.41) is 11.5. The van der Waals surface area contributed by atoms with E-state index in [0.29, 0.717) is 5.92 Å². The summed E-state index contributed by atoms with van der Waals surface area (Å²) in [5.74, 6) is 0.563. The highest BCUT2D eigenvalue weighted by Gasteiger charge is 2.53. The van der Waals surface area contributed by atoms with Crippen molar-refractivity contribution in [2.45, 2.75) is 43.7 Å². The van der Waals surface area contributed by atoms with Gasteiger partial charge in [0.2, 0.25) is 5.91 Å². The van der Waals surface area contributed by atoms with Crippen molar-refractivity contribution in [1.82, 2.24) is 16.0 Å². The smallest absolute Gasteiger partial charge is 0.315 e. The van der Waals surface area contributed by atoms with Crippen molar-refractivity contribution in [3.05, 3.63) is 48.0 Å². The van der Waals surface area contributed by atoms with Gasteiger partial charge in [0.25, 0.3) is 0 Å². The molecule has 3 aliphatic rings. The maximum absolute atomic E-state index is 12.2. The summed E-state index contributed by atoms with van der Waals surface area (Å²) in [6.45, 7) is 0.771. The van der Waals surface area contributed by atoms with Gasteiger partial charge in [-0.1, -0.05) is 42.5 Å². The standard InChI is InChI=1S/C21H23N3O2/c25-19-21(7-8-22-19)11-16(12-21)23-20(26)24-18-10-17(18)15-6-5-13-3-1-2-4-14(13)9-15/h1-6,9,16-18H,7-8,10-12H2,(H,22,25)(H2,23,24,26)/t16?,17-,18+,21?/m0/s1. The zero-order valence-corrected chi connectivity index (χ0v) is 14.6. The van der Waals surface area contributed by atoms with Crippen molar-refractivity contribution in [3.63, 3.8) is 0 Å². The third kappa shape index (κ3) is 2.62. The number of rotatable bonds is 3. The van der Waals surface area contributed by atoms with Crippen LogP contribution in [0.4, 0.5) is 4.79 Å². The van der Waals surface area contributed by atoms with E-state index in [9.17, 15) is 9.59 Å². The van der Waals surface area contributed by atoms with Gasteiger partial charge in [-0.25, -0.2) is 4.79 Å². The average molecular weight is 349 g/mol. The van der Waals surface area contributed by atoms with Crippen molar-refractivity contribution < 1.29 is 9.59 Å². The van der Waals surface area contributed by atoms with Gasteiger partial charge in [-0.2, -0.15) is 0 Å². The fourth-order valence-corrected chi connectivity index (χ4v) is 4.65. The molecule has 0 aromatic heterocycles. The Morgan fingerprint density at radius 2 is 1.88 bits per heavy atom. The summed E-state index contributed by atoms with van der Waals surface area (Å²) >= 11 is 0. The van der Waals surface area contributed by atoms with Gasteiger partial charge < -0.3 is 16.0 Å². The van der Waals surface area contributed by atoms with E-state index >= 15 is 0 Å². The van der Waals surface area contributed by atoms with Gasteiger partial charge in [-0.15, -0.1) is 0 Å². The van der Waals surface area contributed by atoms with E-state index in [0.717, 1.165) is 32.2 Å². The van der Waals surface area contributed by atoms with Crippen LogP contribution >= 0.6 is 0 Å². The highest BCUT2D eigenvalue weighted by Crippen LogP contribution is 2.46. The van der Waals surface area contributed by atoms with Crippen LogP contribution in [-0.4, -0.2) is 30.6 Å². The summed E-state index contributed by atoms with van der Waals surface area (Å²) < 4.78 is 0. The number of hydrogen-bond donors (Lipinski definition) is 3. The number of hydrogen-bond acceptors (Lipinski definition) is 2. The summed E-state index contributed by atoms with van der Waals surface area (Å²) in [7, 11) is 0. The molecule has 2 aromatic carbocycles. The van der Waals surface area contributed by atoms with Crippen LogP contribution in [0.2, 0.25) is 0 Å². The van der Waals surface area contributed by atoms with Gasteiger partial charge in [0.05, 0.1) is 5.41 Å². The van der Waals surface area contributed by atoms with Gasteiger partial charge in [0, 0.05) is 24.5 Å². The molecule has 0 radical (unpaired) electrons. The van der Waals surface area contributed by atoms with Crippen molar-refractivity contribution in [2.24, 2.45) is 5.41 Å². The molecule has 5 rings (SSSR count). The highest BCUT2D eigenvalue weighted by atomic mass is 16.2. The van der Waals surface area contributed by atoms with E-state index < -0.39 is 0 Å². The second-order valence-electron chi connectivity index (χ2n) is 8.06. The van der Waals surface area contributed by atoms with Crippen molar-refractivity contribution in [3.8, 4) is 0 Å². The number of nitrogens with one attached hydrogen (secondary N) is 3. The highest BCUT2D eigenvalue weighted by molar-refractivity contribution is 5.86. The van der Waals surface area contributed by atoms with Gasteiger partial charge in [-0.3, -0.25) is 4.79 Å². The molecule has 2 saturated carbocycles. The minimum absolute atomic E-state index is 0.100. The number of carbonyl (C=O) groups is 2. The van der Waals surface area contributed by atoms with Gasteiger partial charge in [0.1, 0.15) is 0 Å². The molecule has 134 valence electrons. The van der Waals surface area contributed by atoms with E-state index in [1.54, 1.807) is 0 Å². The van der Waals surface area contributed by atoms with Crippen molar-refractivity contribution >= 4 is 22.7 Å². The lowest BCUT2D eigenvalue weighted by Gasteiger charge is -2.43. The Kier molecular flexibility index (Phi) is 3.45. The molecule has 2 aliphatic carbocycles. The molecule has 26 heavy (non-hydrogen) atoms. The molecule has 5 heteroatoms. The van der Waals surface area contributed by atoms with Gasteiger partial charge in [-0.05, 0) is 42.0 Å². The molecule has 3 amide bonds. The fraction of sp³-hybridized carbons (Fsp3) is 0.429. The zero-order chi connectivity index (χ0) is 17.7. The van der Waals surface area contributed by atoms with E-state index in [1.807, 2.05) is 6.07 Å². The van der Waals surface area contributed by atoms with Gasteiger partial charge in [0.15, 0.2) is 0 Å². The van der Waals surface area contributed by atoms with E-state index in [-0.39, 0.29) is 29.4 Å².